The molecule has 0 rings (SSSR count). The fourth-order valence-corrected chi connectivity index (χ4v) is 0.651. The van der Waals surface area contributed by atoms with Gasteiger partial charge in [-0.15, -0.1) is 0 Å². The molecule has 0 bridgehead atoms. The number of hydrogen-bond donors (Lipinski definition) is 3. The molecule has 0 heterocycles. The van der Waals surface area contributed by atoms with Crippen molar-refractivity contribution in [2.45, 2.75) is 38.8 Å². The summed E-state index contributed by atoms with van der Waals surface area (Å²) < 4.78 is 0. The van der Waals surface area contributed by atoms with E-state index in [1.54, 1.807) is 13.8 Å². The summed E-state index contributed by atoms with van der Waals surface area (Å²) >= 11 is 0. The molecule has 0 saturated heterocycles. The van der Waals surface area contributed by atoms with Crippen LogP contribution in [0.5, 0.6) is 0 Å². The lowest BCUT2D eigenvalue weighted by Gasteiger charge is -2.27. The van der Waals surface area contributed by atoms with Crippen molar-refractivity contribution in [1.82, 2.24) is 5.32 Å². The number of aliphatic hydroxyl groups is 1. The van der Waals surface area contributed by atoms with Gasteiger partial charge in [0.1, 0.15) is 0 Å². The highest BCUT2D eigenvalue weighted by Crippen LogP contribution is 2.07. The predicted molar refractivity (Wildman–Crippen MR) is 47.6 cm³/mol. The van der Waals surface area contributed by atoms with E-state index in [0.29, 0.717) is 6.42 Å². The molecule has 0 aromatic carbocycles. The van der Waals surface area contributed by atoms with Gasteiger partial charge in [-0.3, -0.25) is 4.79 Å². The lowest BCUT2D eigenvalue weighted by molar-refractivity contribution is -0.124. The molecule has 4 nitrogen and oxygen atoms in total. The van der Waals surface area contributed by atoms with Gasteiger partial charge in [-0.05, 0) is 20.3 Å². The molecule has 12 heavy (non-hydrogen) atoms. The van der Waals surface area contributed by atoms with E-state index in [9.17, 15) is 4.79 Å². The Hall–Kier alpha value is -0.610. The largest absolute Gasteiger partial charge is 0.394 e. The second-order valence-electron chi connectivity index (χ2n) is 3.35. The van der Waals surface area contributed by atoms with Crippen molar-refractivity contribution < 1.29 is 9.90 Å². The maximum Gasteiger partial charge on any atom is 0.237 e. The molecule has 0 fully saturated rings. The molecule has 4 N–H and O–H groups in total. The summed E-state index contributed by atoms with van der Waals surface area (Å²) in [4.78, 5) is 11.1. The summed E-state index contributed by atoms with van der Waals surface area (Å²) in [5.41, 5.74) is 4.82. The molecule has 0 spiro atoms. The molecular formula is C8H18N2O2. The quantitative estimate of drug-likeness (QED) is 0.543. The van der Waals surface area contributed by atoms with Crippen LogP contribution >= 0.6 is 0 Å². The van der Waals surface area contributed by atoms with Gasteiger partial charge >= 0.3 is 0 Å². The molecular weight excluding hydrogens is 156 g/mol. The molecule has 4 heteroatoms. The van der Waals surface area contributed by atoms with Crippen LogP contribution in [-0.2, 0) is 4.79 Å². The number of nitrogens with two attached hydrogens (primary N) is 1. The van der Waals surface area contributed by atoms with Gasteiger partial charge in [0.05, 0.1) is 18.2 Å². The summed E-state index contributed by atoms with van der Waals surface area (Å²) in [6, 6.07) is -0.526. The number of carbonyl (C=O) groups excluding carboxylic acids is 1. The highest BCUT2D eigenvalue weighted by Gasteiger charge is 2.24. The van der Waals surface area contributed by atoms with Gasteiger partial charge in [0.2, 0.25) is 5.91 Å². The topological polar surface area (TPSA) is 75.3 Å². The monoisotopic (exact) mass is 174 g/mol. The molecule has 1 unspecified atom stereocenters. The standard InChI is InChI=1S/C8H18N2O2/c1-4-8(3,5-11)10-7(12)6(2)9/h6,11H,4-5,9H2,1-3H3,(H,10,12)/t6-,8?/m1/s1. The van der Waals surface area contributed by atoms with Gasteiger partial charge in [0.25, 0.3) is 0 Å². The van der Waals surface area contributed by atoms with E-state index in [-0.39, 0.29) is 12.5 Å². The number of aliphatic hydroxyl groups excluding tert-OH is 1. The van der Waals surface area contributed by atoms with E-state index in [4.69, 9.17) is 10.8 Å². The van der Waals surface area contributed by atoms with Crippen LogP contribution in [0, 0.1) is 0 Å². The van der Waals surface area contributed by atoms with Crippen LogP contribution in [0.4, 0.5) is 0 Å². The number of nitrogens with one attached hydrogen (secondary N) is 1. The van der Waals surface area contributed by atoms with E-state index < -0.39 is 11.6 Å². The van der Waals surface area contributed by atoms with Gasteiger partial charge < -0.3 is 16.2 Å². The zero-order valence-corrected chi connectivity index (χ0v) is 7.92. The Labute approximate surface area is 73.1 Å². The van der Waals surface area contributed by atoms with Crippen LogP contribution in [0.1, 0.15) is 27.2 Å². The molecule has 2 atom stereocenters. The van der Waals surface area contributed by atoms with Crippen molar-refractivity contribution in [3.63, 3.8) is 0 Å². The van der Waals surface area contributed by atoms with Gasteiger partial charge in [-0.25, -0.2) is 0 Å². The highest BCUT2D eigenvalue weighted by molar-refractivity contribution is 5.81. The average molecular weight is 174 g/mol. The van der Waals surface area contributed by atoms with Crippen LogP contribution in [0.25, 0.3) is 0 Å². The van der Waals surface area contributed by atoms with Gasteiger partial charge in [-0.1, -0.05) is 6.92 Å². The Balaban J connectivity index is 4.12. The van der Waals surface area contributed by atoms with Gasteiger partial charge in [-0.2, -0.15) is 0 Å². The Kier molecular flexibility index (Phi) is 4.20. The molecule has 72 valence electrons. The molecule has 0 aliphatic rings. The first-order valence-corrected chi connectivity index (χ1v) is 4.13. The average Bonchev–Trinajstić information content (AvgIpc) is 2.04. The lowest BCUT2D eigenvalue weighted by Crippen LogP contribution is -2.53. The lowest BCUT2D eigenvalue weighted by atomic mass is 10.00. The SMILES string of the molecule is CCC(C)(CO)NC(=O)[C@@H](C)N. The van der Waals surface area contributed by atoms with Crippen molar-refractivity contribution in [3.05, 3.63) is 0 Å². The predicted octanol–water partition coefficient (Wildman–Crippen LogP) is -0.389. The van der Waals surface area contributed by atoms with E-state index >= 15 is 0 Å². The second kappa shape index (κ2) is 4.42. The number of rotatable bonds is 4. The minimum atomic E-state index is -0.537. The van der Waals surface area contributed by atoms with Crippen LogP contribution in [0.2, 0.25) is 0 Å². The fourth-order valence-electron chi connectivity index (χ4n) is 0.651. The van der Waals surface area contributed by atoms with E-state index in [0.717, 1.165) is 0 Å². The number of amides is 1. The first-order valence-electron chi connectivity index (χ1n) is 4.13. The van der Waals surface area contributed by atoms with Crippen LogP contribution in [0.3, 0.4) is 0 Å². The Bertz CT molecular complexity index is 153. The second-order valence-corrected chi connectivity index (χ2v) is 3.35. The molecule has 1 amide bonds. The first kappa shape index (κ1) is 11.4. The molecule has 0 radical (unpaired) electrons. The van der Waals surface area contributed by atoms with Crippen molar-refractivity contribution >= 4 is 5.91 Å². The molecule has 0 aromatic heterocycles. The summed E-state index contributed by atoms with van der Waals surface area (Å²) in [5, 5.41) is 11.6. The summed E-state index contributed by atoms with van der Waals surface area (Å²) in [7, 11) is 0. The third kappa shape index (κ3) is 3.19. The van der Waals surface area contributed by atoms with Crippen molar-refractivity contribution in [1.29, 1.82) is 0 Å². The fraction of sp³-hybridized carbons (Fsp3) is 0.875. The third-order valence-electron chi connectivity index (χ3n) is 1.97. The van der Waals surface area contributed by atoms with Gasteiger partial charge in [0, 0.05) is 0 Å². The van der Waals surface area contributed by atoms with Crippen molar-refractivity contribution in [2.75, 3.05) is 6.61 Å². The maximum atomic E-state index is 11.1. The molecule has 0 saturated carbocycles. The molecule has 0 aromatic rings. The van der Waals surface area contributed by atoms with Crippen LogP contribution in [0.15, 0.2) is 0 Å². The van der Waals surface area contributed by atoms with Crippen molar-refractivity contribution in [3.8, 4) is 0 Å². The smallest absolute Gasteiger partial charge is 0.237 e. The Morgan fingerprint density at radius 3 is 2.50 bits per heavy atom. The summed E-state index contributed by atoms with van der Waals surface area (Å²) in [6.45, 7) is 5.23. The molecule has 0 aliphatic heterocycles. The first-order chi connectivity index (χ1) is 5.45. The minimum absolute atomic E-state index is 0.0675. The minimum Gasteiger partial charge on any atom is -0.394 e. The van der Waals surface area contributed by atoms with E-state index in [2.05, 4.69) is 5.32 Å². The van der Waals surface area contributed by atoms with Gasteiger partial charge in [0.15, 0.2) is 0 Å². The zero-order valence-electron chi connectivity index (χ0n) is 7.92. The Morgan fingerprint density at radius 1 is 1.75 bits per heavy atom. The normalized spacial score (nSPS) is 18.1. The van der Waals surface area contributed by atoms with Crippen molar-refractivity contribution in [2.24, 2.45) is 5.73 Å². The number of hydrogen-bond acceptors (Lipinski definition) is 3. The zero-order chi connectivity index (χ0) is 9.78. The molecule has 0 aliphatic carbocycles. The van der Waals surface area contributed by atoms with E-state index in [1.165, 1.54) is 0 Å². The number of carbonyl (C=O) groups is 1. The van der Waals surface area contributed by atoms with E-state index in [1.807, 2.05) is 6.92 Å². The summed E-state index contributed by atoms with van der Waals surface area (Å²) in [5.74, 6) is -0.228. The van der Waals surface area contributed by atoms with Crippen LogP contribution in [-0.4, -0.2) is 29.2 Å². The maximum absolute atomic E-state index is 11.1. The highest BCUT2D eigenvalue weighted by atomic mass is 16.3. The van der Waals surface area contributed by atoms with Crippen LogP contribution < -0.4 is 11.1 Å². The Morgan fingerprint density at radius 2 is 2.25 bits per heavy atom. The summed E-state index contributed by atoms with van der Waals surface area (Å²) in [6.07, 6.45) is 0.683. The third-order valence-corrected chi connectivity index (χ3v) is 1.97.